The van der Waals surface area contributed by atoms with E-state index in [1.807, 2.05) is 6.08 Å². The summed E-state index contributed by atoms with van der Waals surface area (Å²) in [5.74, 6) is -0.349. The van der Waals surface area contributed by atoms with Crippen LogP contribution in [0, 0.1) is 11.8 Å². The zero-order valence-electron chi connectivity index (χ0n) is 9.89. The van der Waals surface area contributed by atoms with Gasteiger partial charge in [0.1, 0.15) is 0 Å². The Kier molecular flexibility index (Phi) is 3.47. The number of nitrogens with two attached hydrogens (primary N) is 1. The van der Waals surface area contributed by atoms with Gasteiger partial charge in [-0.05, 0) is 31.2 Å². The molecule has 3 fully saturated rings. The molecule has 0 saturated carbocycles. The van der Waals surface area contributed by atoms with Crippen molar-refractivity contribution in [2.75, 3.05) is 19.6 Å². The van der Waals surface area contributed by atoms with Crippen LogP contribution in [-0.4, -0.2) is 42.4 Å². The number of nitrogens with zero attached hydrogens (tertiary/aromatic N) is 1. The molecule has 0 aromatic heterocycles. The number of piperidine rings is 3. The second kappa shape index (κ2) is 4.87. The first-order valence-electron chi connectivity index (χ1n) is 6.06. The molecule has 3 aliphatic rings. The molecule has 3 heterocycles. The van der Waals surface area contributed by atoms with E-state index in [0.29, 0.717) is 24.4 Å². The quantitative estimate of drug-likeness (QED) is 0.512. The van der Waals surface area contributed by atoms with E-state index in [0.717, 1.165) is 19.5 Å². The maximum Gasteiger partial charge on any atom is 0.309 e. The van der Waals surface area contributed by atoms with Gasteiger partial charge in [0.05, 0.1) is 0 Å². The van der Waals surface area contributed by atoms with Gasteiger partial charge in [0.25, 0.3) is 0 Å². The fraction of sp³-hybridized carbons (Fsp3) is 0.667. The van der Waals surface area contributed by atoms with Crippen molar-refractivity contribution < 1.29 is 9.59 Å². The molecule has 0 aromatic rings. The summed E-state index contributed by atoms with van der Waals surface area (Å²) in [6.45, 7) is 6.48. The number of nitrogens with one attached hydrogen (secondary N) is 1. The van der Waals surface area contributed by atoms with Gasteiger partial charge in [-0.25, -0.2) is 0 Å². The van der Waals surface area contributed by atoms with Crippen LogP contribution in [0.5, 0.6) is 0 Å². The summed E-state index contributed by atoms with van der Waals surface area (Å²) in [4.78, 5) is 24.1. The zero-order chi connectivity index (χ0) is 12.4. The van der Waals surface area contributed by atoms with Crippen LogP contribution in [0.3, 0.4) is 0 Å². The Morgan fingerprint density at radius 1 is 1.53 bits per heavy atom. The van der Waals surface area contributed by atoms with Gasteiger partial charge in [-0.15, -0.1) is 6.58 Å². The van der Waals surface area contributed by atoms with Crippen molar-refractivity contribution in [3.63, 3.8) is 0 Å². The summed E-state index contributed by atoms with van der Waals surface area (Å²) in [5, 5.41) is 2.59. The molecule has 0 aliphatic carbocycles. The van der Waals surface area contributed by atoms with Gasteiger partial charge in [-0.1, -0.05) is 6.08 Å². The molecule has 0 spiro atoms. The van der Waals surface area contributed by atoms with Crippen LogP contribution >= 0.6 is 0 Å². The van der Waals surface area contributed by atoms with Crippen LogP contribution in [0.15, 0.2) is 12.7 Å². The number of carbonyl (C=O) groups is 2. The fourth-order valence-electron chi connectivity index (χ4n) is 2.96. The average Bonchev–Trinajstić information content (AvgIpc) is 2.36. The minimum absolute atomic E-state index is 0.341. The Balaban J connectivity index is 1.86. The largest absolute Gasteiger partial charge is 0.361 e. The summed E-state index contributed by atoms with van der Waals surface area (Å²) in [6.07, 6.45) is 4.31. The predicted molar refractivity (Wildman–Crippen MR) is 64.0 cm³/mol. The van der Waals surface area contributed by atoms with E-state index in [9.17, 15) is 9.59 Å². The first kappa shape index (κ1) is 12.1. The highest BCUT2D eigenvalue weighted by Gasteiger charge is 2.38. The molecule has 4 atom stereocenters. The van der Waals surface area contributed by atoms with Gasteiger partial charge in [0.2, 0.25) is 0 Å². The second-order valence-electron chi connectivity index (χ2n) is 4.91. The molecule has 3 N–H and O–H groups in total. The molecular formula is C12H19N3O2. The molecule has 3 saturated heterocycles. The maximum atomic E-state index is 11.1. The third-order valence-corrected chi connectivity index (χ3v) is 3.95. The summed E-state index contributed by atoms with van der Waals surface area (Å²) < 4.78 is 0. The number of carbonyl (C=O) groups excluding carboxylic acids is 2. The smallest absolute Gasteiger partial charge is 0.309 e. The number of fused-ring (bicyclic) bond motifs is 3. The summed E-state index contributed by atoms with van der Waals surface area (Å²) in [6, 6.07) is 0.341. The molecule has 2 amide bonds. The Labute approximate surface area is 101 Å². The molecule has 5 heteroatoms. The van der Waals surface area contributed by atoms with Crippen LogP contribution in [-0.2, 0) is 9.59 Å². The number of amides is 2. The van der Waals surface area contributed by atoms with Gasteiger partial charge in [-0.2, -0.15) is 0 Å². The molecule has 17 heavy (non-hydrogen) atoms. The van der Waals surface area contributed by atoms with E-state index < -0.39 is 11.8 Å². The molecule has 3 aliphatic heterocycles. The molecule has 5 nitrogen and oxygen atoms in total. The fourth-order valence-corrected chi connectivity index (χ4v) is 2.96. The normalized spacial score (nSPS) is 35.3. The molecular weight excluding hydrogens is 218 g/mol. The summed E-state index contributed by atoms with van der Waals surface area (Å²) >= 11 is 0. The lowest BCUT2D eigenvalue weighted by Crippen LogP contribution is -2.56. The van der Waals surface area contributed by atoms with E-state index in [2.05, 4.69) is 16.8 Å². The number of rotatable bonds is 3. The molecule has 2 bridgehead atoms. The van der Waals surface area contributed by atoms with Crippen molar-refractivity contribution in [1.29, 1.82) is 0 Å². The van der Waals surface area contributed by atoms with Crippen molar-refractivity contribution in [1.82, 2.24) is 10.2 Å². The number of hydrogen-bond donors (Lipinski definition) is 2. The lowest BCUT2D eigenvalue weighted by molar-refractivity contribution is -0.137. The summed E-state index contributed by atoms with van der Waals surface area (Å²) in [5.41, 5.74) is 4.89. The Morgan fingerprint density at radius 2 is 2.29 bits per heavy atom. The Hall–Kier alpha value is -1.36. The summed E-state index contributed by atoms with van der Waals surface area (Å²) in [7, 11) is 0. The van der Waals surface area contributed by atoms with Gasteiger partial charge in [0, 0.05) is 19.1 Å². The highest BCUT2D eigenvalue weighted by molar-refractivity contribution is 6.34. The first-order valence-corrected chi connectivity index (χ1v) is 6.06. The first-order chi connectivity index (χ1) is 8.11. The van der Waals surface area contributed by atoms with Crippen molar-refractivity contribution >= 4 is 11.8 Å². The molecule has 0 aromatic carbocycles. The Morgan fingerprint density at radius 3 is 2.82 bits per heavy atom. The minimum Gasteiger partial charge on any atom is -0.361 e. The van der Waals surface area contributed by atoms with Crippen LogP contribution in [0.2, 0.25) is 0 Å². The molecule has 3 rings (SSSR count). The third-order valence-electron chi connectivity index (χ3n) is 3.95. The van der Waals surface area contributed by atoms with Crippen molar-refractivity contribution in [2.45, 2.75) is 18.9 Å². The lowest BCUT2D eigenvalue weighted by Gasteiger charge is -2.49. The highest BCUT2D eigenvalue weighted by Crippen LogP contribution is 2.36. The van der Waals surface area contributed by atoms with Crippen molar-refractivity contribution in [3.8, 4) is 0 Å². The van der Waals surface area contributed by atoms with Crippen molar-refractivity contribution in [2.24, 2.45) is 17.6 Å². The van der Waals surface area contributed by atoms with E-state index in [4.69, 9.17) is 5.73 Å². The maximum absolute atomic E-state index is 11.1. The van der Waals surface area contributed by atoms with Gasteiger partial charge >= 0.3 is 11.8 Å². The van der Waals surface area contributed by atoms with E-state index >= 15 is 0 Å². The van der Waals surface area contributed by atoms with E-state index in [1.165, 1.54) is 6.42 Å². The number of primary amides is 1. The lowest BCUT2D eigenvalue weighted by atomic mass is 9.75. The standard InChI is InChI=1S/C12H19N3O2/c1-2-8-7-15-4-3-9(8)5-10(15)6-14-12(17)11(13)16/h2,8-10H,1,3-7H2,(H2,13,16)(H,14,17)/t8-,9+,10+/m0/s1. The van der Waals surface area contributed by atoms with Gasteiger partial charge < -0.3 is 11.1 Å². The number of hydrogen-bond acceptors (Lipinski definition) is 3. The average molecular weight is 237 g/mol. The Bertz CT molecular complexity index is 343. The highest BCUT2D eigenvalue weighted by atomic mass is 16.2. The minimum atomic E-state index is -0.912. The van der Waals surface area contributed by atoms with E-state index in [-0.39, 0.29) is 0 Å². The van der Waals surface area contributed by atoms with Crippen molar-refractivity contribution in [3.05, 3.63) is 12.7 Å². The van der Waals surface area contributed by atoms with E-state index in [1.54, 1.807) is 0 Å². The van der Waals surface area contributed by atoms with Crippen LogP contribution < -0.4 is 11.1 Å². The monoisotopic (exact) mass is 237 g/mol. The van der Waals surface area contributed by atoms with Crippen LogP contribution in [0.1, 0.15) is 12.8 Å². The zero-order valence-corrected chi connectivity index (χ0v) is 9.89. The molecule has 1 unspecified atom stereocenters. The molecule has 0 radical (unpaired) electrons. The molecule has 94 valence electrons. The topological polar surface area (TPSA) is 75.4 Å². The van der Waals surface area contributed by atoms with Gasteiger partial charge in [-0.3, -0.25) is 14.5 Å². The van der Waals surface area contributed by atoms with Gasteiger partial charge in [0.15, 0.2) is 0 Å². The third kappa shape index (κ3) is 2.49. The van der Waals surface area contributed by atoms with Crippen LogP contribution in [0.25, 0.3) is 0 Å². The van der Waals surface area contributed by atoms with Crippen LogP contribution in [0.4, 0.5) is 0 Å². The predicted octanol–water partition coefficient (Wildman–Crippen LogP) is -0.516. The second-order valence-corrected chi connectivity index (χ2v) is 4.91. The SMILES string of the molecule is C=C[C@H]1CN2CC[C@@H]1C[C@@H]2CNC(=O)C(N)=O.